The van der Waals surface area contributed by atoms with Crippen molar-refractivity contribution in [2.24, 2.45) is 5.73 Å². The van der Waals surface area contributed by atoms with Gasteiger partial charge >= 0.3 is 0 Å². The highest BCUT2D eigenvalue weighted by molar-refractivity contribution is 7.92. The fraction of sp³-hybridized carbons (Fsp3) is 0.696. The maximum absolute atomic E-state index is 13.7. The summed E-state index contributed by atoms with van der Waals surface area (Å²) in [6, 6.07) is 1.26. The van der Waals surface area contributed by atoms with Crippen LogP contribution >= 0.6 is 0 Å². The lowest BCUT2D eigenvalue weighted by Gasteiger charge is -2.29. The lowest BCUT2D eigenvalue weighted by atomic mass is 9.99. The average Bonchev–Trinajstić information content (AvgIpc) is 3.54. The van der Waals surface area contributed by atoms with Gasteiger partial charge in [-0.3, -0.25) is 10.1 Å². The van der Waals surface area contributed by atoms with Gasteiger partial charge in [-0.05, 0) is 49.8 Å². The zero-order chi connectivity index (χ0) is 24.6. The van der Waals surface area contributed by atoms with E-state index in [9.17, 15) is 27.1 Å². The summed E-state index contributed by atoms with van der Waals surface area (Å²) in [5.74, 6) is -2.87. The number of sulfone groups is 1. The summed E-state index contributed by atoms with van der Waals surface area (Å²) in [6.07, 6.45) is 3.30. The molecule has 0 saturated heterocycles. The van der Waals surface area contributed by atoms with E-state index in [2.05, 4.69) is 10.6 Å². The molecule has 0 radical (unpaired) electrons. The standard InChI is InChI=1S/C23H37F2N3O4S/c1-3-5-19(6-4-2)33(31,32)14-21(23(26)30)28-20(22(29)13-27-18-7-8-18)11-15-9-16(24)12-17(25)10-15/h9-10,12,18-22,27-29H,3-8,11,13-14H2,1-2H3,(H2,26,30)/t20-,21+,22+/m0/s1. The molecule has 0 unspecified atom stereocenters. The van der Waals surface area contributed by atoms with Crippen molar-refractivity contribution in [2.45, 2.75) is 88.3 Å². The van der Waals surface area contributed by atoms with Gasteiger partial charge in [0, 0.05) is 24.7 Å². The second-order valence-corrected chi connectivity index (χ2v) is 11.3. The second kappa shape index (κ2) is 12.7. The number of aliphatic hydroxyl groups is 1. The SMILES string of the molecule is CCCC(CCC)S(=O)(=O)C[C@@H](N[C@@H](Cc1cc(F)cc(F)c1)[C@H](O)CNC1CC1)C(N)=O. The molecule has 0 spiro atoms. The number of aliphatic hydroxyl groups excluding tert-OH is 1. The van der Waals surface area contributed by atoms with Gasteiger partial charge in [0.1, 0.15) is 17.7 Å². The van der Waals surface area contributed by atoms with E-state index in [0.717, 1.165) is 31.0 Å². The molecule has 1 amide bonds. The number of carbonyl (C=O) groups excluding carboxylic acids is 1. The third kappa shape index (κ3) is 9.27. The van der Waals surface area contributed by atoms with Crippen molar-refractivity contribution in [1.29, 1.82) is 0 Å². The number of primary amides is 1. The van der Waals surface area contributed by atoms with Crippen LogP contribution in [0.15, 0.2) is 18.2 Å². The van der Waals surface area contributed by atoms with Gasteiger partial charge in [0.25, 0.3) is 0 Å². The van der Waals surface area contributed by atoms with E-state index in [1.54, 1.807) is 0 Å². The number of hydrogen-bond acceptors (Lipinski definition) is 6. The maximum Gasteiger partial charge on any atom is 0.235 e. The number of halogens is 2. The Bertz CT molecular complexity index is 854. The minimum Gasteiger partial charge on any atom is -0.390 e. The molecule has 1 aromatic rings. The van der Waals surface area contributed by atoms with Crippen molar-refractivity contribution in [3.05, 3.63) is 35.4 Å². The highest BCUT2D eigenvalue weighted by atomic mass is 32.2. The minimum absolute atomic E-state index is 0.0145. The molecule has 1 fully saturated rings. The van der Waals surface area contributed by atoms with E-state index in [-0.39, 0.29) is 18.5 Å². The molecule has 0 aliphatic heterocycles. The molecule has 7 nitrogen and oxygen atoms in total. The lowest BCUT2D eigenvalue weighted by Crippen LogP contribution is -2.56. The summed E-state index contributed by atoms with van der Waals surface area (Å²) >= 11 is 0. The van der Waals surface area contributed by atoms with Crippen LogP contribution in [-0.4, -0.2) is 61.2 Å². The minimum atomic E-state index is -3.64. The number of nitrogens with one attached hydrogen (secondary N) is 2. The van der Waals surface area contributed by atoms with Crippen LogP contribution in [-0.2, 0) is 21.1 Å². The predicted octanol–water partition coefficient (Wildman–Crippen LogP) is 1.82. The molecule has 33 heavy (non-hydrogen) atoms. The van der Waals surface area contributed by atoms with E-state index in [1.807, 2.05) is 13.8 Å². The van der Waals surface area contributed by atoms with Crippen molar-refractivity contribution < 1.29 is 27.1 Å². The molecule has 0 bridgehead atoms. The largest absolute Gasteiger partial charge is 0.390 e. The summed E-state index contributed by atoms with van der Waals surface area (Å²) in [5, 5.41) is 16.3. The van der Waals surface area contributed by atoms with Crippen LogP contribution in [0, 0.1) is 11.6 Å². The Morgan fingerprint density at radius 2 is 1.73 bits per heavy atom. The van der Waals surface area contributed by atoms with Gasteiger partial charge in [0.2, 0.25) is 5.91 Å². The topological polar surface area (TPSA) is 122 Å². The Hall–Kier alpha value is -1.62. The van der Waals surface area contributed by atoms with E-state index in [1.165, 1.54) is 0 Å². The summed E-state index contributed by atoms with van der Waals surface area (Å²) in [7, 11) is -3.64. The molecule has 10 heteroatoms. The van der Waals surface area contributed by atoms with Crippen LogP contribution in [0.2, 0.25) is 0 Å². The van der Waals surface area contributed by atoms with E-state index in [4.69, 9.17) is 5.73 Å². The number of amides is 1. The smallest absolute Gasteiger partial charge is 0.235 e. The first kappa shape index (κ1) is 27.6. The van der Waals surface area contributed by atoms with Gasteiger partial charge in [0.05, 0.1) is 17.1 Å². The normalized spacial score (nSPS) is 17.2. The van der Waals surface area contributed by atoms with Crippen LogP contribution < -0.4 is 16.4 Å². The molecule has 1 aliphatic rings. The molecule has 0 aromatic heterocycles. The van der Waals surface area contributed by atoms with Crippen molar-refractivity contribution in [3.63, 3.8) is 0 Å². The first-order valence-corrected chi connectivity index (χ1v) is 13.4. The molecule has 1 aliphatic carbocycles. The first-order valence-electron chi connectivity index (χ1n) is 11.7. The van der Waals surface area contributed by atoms with Crippen LogP contribution in [0.5, 0.6) is 0 Å². The van der Waals surface area contributed by atoms with Crippen molar-refractivity contribution in [3.8, 4) is 0 Å². The number of benzene rings is 1. The zero-order valence-electron chi connectivity index (χ0n) is 19.4. The van der Waals surface area contributed by atoms with Crippen molar-refractivity contribution >= 4 is 15.7 Å². The molecule has 3 atom stereocenters. The Morgan fingerprint density at radius 1 is 1.15 bits per heavy atom. The molecule has 1 saturated carbocycles. The van der Waals surface area contributed by atoms with Crippen molar-refractivity contribution in [2.75, 3.05) is 12.3 Å². The van der Waals surface area contributed by atoms with E-state index >= 15 is 0 Å². The monoisotopic (exact) mass is 489 g/mol. The lowest BCUT2D eigenvalue weighted by molar-refractivity contribution is -0.119. The Balaban J connectivity index is 2.21. The van der Waals surface area contributed by atoms with Gasteiger partial charge in [0.15, 0.2) is 9.84 Å². The molecule has 2 rings (SSSR count). The van der Waals surface area contributed by atoms with Crippen LogP contribution in [0.3, 0.4) is 0 Å². The second-order valence-electron chi connectivity index (χ2n) is 8.99. The quantitative estimate of drug-likeness (QED) is 0.281. The Morgan fingerprint density at radius 3 is 2.21 bits per heavy atom. The third-order valence-electron chi connectivity index (χ3n) is 5.92. The van der Waals surface area contributed by atoms with Gasteiger partial charge in [-0.1, -0.05) is 26.7 Å². The van der Waals surface area contributed by atoms with E-state index < -0.39 is 56.6 Å². The van der Waals surface area contributed by atoms with Crippen LogP contribution in [0.25, 0.3) is 0 Å². The number of rotatable bonds is 16. The summed E-state index contributed by atoms with van der Waals surface area (Å²) in [6.45, 7) is 3.99. The number of carbonyl (C=O) groups is 1. The van der Waals surface area contributed by atoms with Gasteiger partial charge in [-0.25, -0.2) is 17.2 Å². The van der Waals surface area contributed by atoms with Gasteiger partial charge in [-0.15, -0.1) is 0 Å². The van der Waals surface area contributed by atoms with Crippen LogP contribution in [0.1, 0.15) is 57.9 Å². The highest BCUT2D eigenvalue weighted by Crippen LogP contribution is 2.20. The third-order valence-corrected chi connectivity index (χ3v) is 8.21. The molecular weight excluding hydrogens is 452 g/mol. The molecule has 188 valence electrons. The van der Waals surface area contributed by atoms with E-state index in [0.29, 0.717) is 31.7 Å². The zero-order valence-corrected chi connectivity index (χ0v) is 20.2. The van der Waals surface area contributed by atoms with Crippen molar-refractivity contribution in [1.82, 2.24) is 10.6 Å². The maximum atomic E-state index is 13.7. The highest BCUT2D eigenvalue weighted by Gasteiger charge is 2.33. The summed E-state index contributed by atoms with van der Waals surface area (Å²) in [4.78, 5) is 12.2. The molecule has 5 N–H and O–H groups in total. The molecule has 1 aromatic carbocycles. The van der Waals surface area contributed by atoms with Gasteiger partial charge < -0.3 is 16.2 Å². The van der Waals surface area contributed by atoms with Crippen LogP contribution in [0.4, 0.5) is 8.78 Å². The molecular formula is C23H37F2N3O4S. The Labute approximate surface area is 195 Å². The Kier molecular flexibility index (Phi) is 10.7. The fourth-order valence-corrected chi connectivity index (χ4v) is 6.18. The molecule has 0 heterocycles. The fourth-order valence-electron chi connectivity index (χ4n) is 3.99. The summed E-state index contributed by atoms with van der Waals surface area (Å²) in [5.41, 5.74) is 5.81. The first-order chi connectivity index (χ1) is 15.6. The number of hydrogen-bond donors (Lipinski definition) is 4. The van der Waals surface area contributed by atoms with Gasteiger partial charge in [-0.2, -0.15) is 0 Å². The average molecular weight is 490 g/mol. The summed E-state index contributed by atoms with van der Waals surface area (Å²) < 4.78 is 53.5. The number of nitrogens with two attached hydrogens (primary N) is 1. The predicted molar refractivity (Wildman–Crippen MR) is 124 cm³/mol.